The monoisotopic (exact) mass is 307 g/mol. The van der Waals surface area contributed by atoms with Crippen LogP contribution in [0, 0.1) is 0 Å². The number of rotatable bonds is 3. The summed E-state index contributed by atoms with van der Waals surface area (Å²) in [6, 6.07) is 13.6. The van der Waals surface area contributed by atoms with E-state index in [1.807, 2.05) is 59.3 Å². The van der Waals surface area contributed by atoms with Crippen molar-refractivity contribution in [2.75, 3.05) is 0 Å². The van der Waals surface area contributed by atoms with Gasteiger partial charge < -0.3 is 9.72 Å². The van der Waals surface area contributed by atoms with Crippen LogP contribution in [0.4, 0.5) is 0 Å². The topological polar surface area (TPSA) is 46.4 Å². The Labute approximate surface area is 136 Å². The van der Waals surface area contributed by atoms with E-state index in [-0.39, 0.29) is 11.3 Å². The van der Waals surface area contributed by atoms with Crippen molar-refractivity contribution in [3.05, 3.63) is 71.7 Å². The number of benzene rings is 1. The van der Waals surface area contributed by atoms with Crippen LogP contribution in [0.3, 0.4) is 0 Å². The summed E-state index contributed by atoms with van der Waals surface area (Å²) in [5.74, 6) is -0.0810. The van der Waals surface area contributed by atoms with E-state index < -0.39 is 0 Å². The number of carbonyl (C=O) groups is 1. The summed E-state index contributed by atoms with van der Waals surface area (Å²) in [4.78, 5) is 16.7. The molecule has 0 bridgehead atoms. The normalized spacial score (nSPS) is 11.6. The second-order valence-electron chi connectivity index (χ2n) is 6.71. The van der Waals surface area contributed by atoms with Gasteiger partial charge in [-0.05, 0) is 35.2 Å². The van der Waals surface area contributed by atoms with Gasteiger partial charge in [-0.15, -0.1) is 0 Å². The first kappa shape index (κ1) is 15.3. The molecule has 0 saturated heterocycles. The third-order valence-corrected chi connectivity index (χ3v) is 3.86. The zero-order chi connectivity index (χ0) is 16.4. The lowest BCUT2D eigenvalue weighted by Gasteiger charge is -2.19. The molecule has 2 aromatic heterocycles. The molecule has 3 aromatic rings. The maximum Gasteiger partial charge on any atom is 0.251 e. The molecule has 0 saturated carbocycles. The fraction of sp³-hybridized carbons (Fsp3) is 0.263. The molecule has 0 radical (unpaired) electrons. The predicted octanol–water partition coefficient (Wildman–Crippen LogP) is 3.56. The van der Waals surface area contributed by atoms with Gasteiger partial charge in [-0.2, -0.15) is 0 Å². The van der Waals surface area contributed by atoms with Gasteiger partial charge in [0.05, 0.1) is 12.2 Å². The summed E-state index contributed by atoms with van der Waals surface area (Å²) < 4.78 is 1.94. The van der Waals surface area contributed by atoms with Crippen LogP contribution in [0.15, 0.2) is 54.9 Å². The highest BCUT2D eigenvalue weighted by molar-refractivity contribution is 5.94. The highest BCUT2D eigenvalue weighted by atomic mass is 16.1. The maximum atomic E-state index is 12.2. The lowest BCUT2D eigenvalue weighted by atomic mass is 9.87. The Morgan fingerprint density at radius 3 is 2.52 bits per heavy atom. The molecule has 1 aromatic carbocycles. The van der Waals surface area contributed by atoms with Crippen LogP contribution < -0.4 is 5.32 Å². The molecule has 0 aliphatic heterocycles. The highest BCUT2D eigenvalue weighted by Gasteiger charge is 2.14. The third-order valence-electron chi connectivity index (χ3n) is 3.86. The second kappa shape index (κ2) is 5.88. The summed E-state index contributed by atoms with van der Waals surface area (Å²) in [6.45, 7) is 6.89. The SMILES string of the molecule is CC(C)(C)c1ccc(C(=O)NCc2cn3ccccc3n2)cc1. The van der Waals surface area contributed by atoms with Crippen LogP contribution >= 0.6 is 0 Å². The zero-order valence-corrected chi connectivity index (χ0v) is 13.7. The number of imidazole rings is 1. The molecule has 4 nitrogen and oxygen atoms in total. The van der Waals surface area contributed by atoms with E-state index >= 15 is 0 Å². The van der Waals surface area contributed by atoms with E-state index in [1.165, 1.54) is 5.56 Å². The van der Waals surface area contributed by atoms with Crippen molar-refractivity contribution in [3.63, 3.8) is 0 Å². The Morgan fingerprint density at radius 1 is 1.13 bits per heavy atom. The first-order chi connectivity index (χ1) is 10.9. The number of carbonyl (C=O) groups excluding carboxylic acids is 1. The molecule has 0 atom stereocenters. The molecular formula is C19H21N3O. The minimum absolute atomic E-state index is 0.0810. The number of hydrogen-bond donors (Lipinski definition) is 1. The van der Waals surface area contributed by atoms with Crippen molar-refractivity contribution in [2.45, 2.75) is 32.7 Å². The Hall–Kier alpha value is -2.62. The Morgan fingerprint density at radius 2 is 1.87 bits per heavy atom. The molecule has 1 N–H and O–H groups in total. The first-order valence-electron chi connectivity index (χ1n) is 7.75. The van der Waals surface area contributed by atoms with E-state index in [4.69, 9.17) is 0 Å². The quantitative estimate of drug-likeness (QED) is 0.804. The van der Waals surface area contributed by atoms with Gasteiger partial charge in [0.25, 0.3) is 5.91 Å². The van der Waals surface area contributed by atoms with Crippen molar-refractivity contribution in [1.29, 1.82) is 0 Å². The van der Waals surface area contributed by atoms with Gasteiger partial charge in [-0.25, -0.2) is 4.98 Å². The van der Waals surface area contributed by atoms with E-state index in [9.17, 15) is 4.79 Å². The smallest absolute Gasteiger partial charge is 0.251 e. The number of aromatic nitrogens is 2. The maximum absolute atomic E-state index is 12.2. The molecule has 2 heterocycles. The lowest BCUT2D eigenvalue weighted by molar-refractivity contribution is 0.0950. The van der Waals surface area contributed by atoms with Crippen molar-refractivity contribution in [1.82, 2.24) is 14.7 Å². The summed E-state index contributed by atoms with van der Waals surface area (Å²) in [5, 5.41) is 2.92. The molecular weight excluding hydrogens is 286 g/mol. The summed E-state index contributed by atoms with van der Waals surface area (Å²) in [6.07, 6.45) is 3.87. The number of hydrogen-bond acceptors (Lipinski definition) is 2. The van der Waals surface area contributed by atoms with Crippen LogP contribution in [-0.4, -0.2) is 15.3 Å². The molecule has 1 amide bonds. The van der Waals surface area contributed by atoms with Gasteiger partial charge in [0.15, 0.2) is 0 Å². The van der Waals surface area contributed by atoms with Crippen molar-refractivity contribution in [3.8, 4) is 0 Å². The van der Waals surface area contributed by atoms with Gasteiger partial charge >= 0.3 is 0 Å². The molecule has 0 fully saturated rings. The number of nitrogens with one attached hydrogen (secondary N) is 1. The van der Waals surface area contributed by atoms with E-state index in [2.05, 4.69) is 31.1 Å². The third kappa shape index (κ3) is 3.42. The molecule has 0 aliphatic carbocycles. The second-order valence-corrected chi connectivity index (χ2v) is 6.71. The van der Waals surface area contributed by atoms with E-state index in [0.717, 1.165) is 11.3 Å². The fourth-order valence-corrected chi connectivity index (χ4v) is 2.47. The van der Waals surface area contributed by atoms with E-state index in [1.54, 1.807) is 0 Å². The molecule has 4 heteroatoms. The standard InChI is InChI=1S/C19H21N3O/c1-19(2,3)15-9-7-14(8-10-15)18(23)20-12-16-13-22-11-5-4-6-17(22)21-16/h4-11,13H,12H2,1-3H3,(H,20,23). The average molecular weight is 307 g/mol. The lowest BCUT2D eigenvalue weighted by Crippen LogP contribution is -2.23. The zero-order valence-electron chi connectivity index (χ0n) is 13.7. The predicted molar refractivity (Wildman–Crippen MR) is 91.5 cm³/mol. The first-order valence-corrected chi connectivity index (χ1v) is 7.75. The van der Waals surface area contributed by atoms with Crippen LogP contribution in [-0.2, 0) is 12.0 Å². The van der Waals surface area contributed by atoms with Crippen molar-refractivity contribution in [2.24, 2.45) is 0 Å². The molecule has 118 valence electrons. The van der Waals surface area contributed by atoms with Crippen LogP contribution in [0.25, 0.3) is 5.65 Å². The Balaban J connectivity index is 1.67. The molecule has 3 rings (SSSR count). The summed E-state index contributed by atoms with van der Waals surface area (Å²) in [7, 11) is 0. The molecule has 23 heavy (non-hydrogen) atoms. The number of amides is 1. The molecule has 0 spiro atoms. The van der Waals surface area contributed by atoms with Gasteiger partial charge in [0.1, 0.15) is 5.65 Å². The minimum atomic E-state index is -0.0810. The van der Waals surface area contributed by atoms with Crippen LogP contribution in [0.1, 0.15) is 42.4 Å². The Bertz CT molecular complexity index is 793. The van der Waals surface area contributed by atoms with Crippen molar-refractivity contribution >= 4 is 11.6 Å². The Kier molecular flexibility index (Phi) is 3.90. The summed E-state index contributed by atoms with van der Waals surface area (Å²) >= 11 is 0. The van der Waals surface area contributed by atoms with Crippen LogP contribution in [0.5, 0.6) is 0 Å². The largest absolute Gasteiger partial charge is 0.346 e. The van der Waals surface area contributed by atoms with Crippen molar-refractivity contribution < 1.29 is 4.79 Å². The number of fused-ring (bicyclic) bond motifs is 1. The number of nitrogens with zero attached hydrogens (tertiary/aromatic N) is 2. The van der Waals surface area contributed by atoms with Gasteiger partial charge in [-0.1, -0.05) is 39.0 Å². The summed E-state index contributed by atoms with van der Waals surface area (Å²) in [5.41, 5.74) is 3.70. The highest BCUT2D eigenvalue weighted by Crippen LogP contribution is 2.22. The van der Waals surface area contributed by atoms with Crippen LogP contribution in [0.2, 0.25) is 0 Å². The van der Waals surface area contributed by atoms with Gasteiger partial charge in [-0.3, -0.25) is 4.79 Å². The average Bonchev–Trinajstić information content (AvgIpc) is 2.95. The molecule has 0 unspecified atom stereocenters. The fourth-order valence-electron chi connectivity index (χ4n) is 2.47. The number of pyridine rings is 1. The van der Waals surface area contributed by atoms with E-state index in [0.29, 0.717) is 12.1 Å². The molecule has 0 aliphatic rings. The van der Waals surface area contributed by atoms with Gasteiger partial charge in [0, 0.05) is 18.0 Å². The minimum Gasteiger partial charge on any atom is -0.346 e. The van der Waals surface area contributed by atoms with Gasteiger partial charge in [0.2, 0.25) is 0 Å².